The lowest BCUT2D eigenvalue weighted by Crippen LogP contribution is -2.28. The first kappa shape index (κ1) is 14.1. The van der Waals surface area contributed by atoms with Crippen LogP contribution in [0.1, 0.15) is 49.8 Å². The summed E-state index contributed by atoms with van der Waals surface area (Å²) in [6.07, 6.45) is 3.91. The summed E-state index contributed by atoms with van der Waals surface area (Å²) < 4.78 is 26.8. The molecule has 0 saturated carbocycles. The molecule has 0 radical (unpaired) electrons. The van der Waals surface area contributed by atoms with Gasteiger partial charge in [-0.25, -0.2) is 8.78 Å². The molecule has 0 fully saturated rings. The van der Waals surface area contributed by atoms with Crippen molar-refractivity contribution in [2.24, 2.45) is 5.84 Å². The van der Waals surface area contributed by atoms with Crippen molar-refractivity contribution in [2.75, 3.05) is 0 Å². The number of unbranched alkanes of at least 4 members (excludes halogenated alkanes) is 2. The van der Waals surface area contributed by atoms with Gasteiger partial charge in [-0.3, -0.25) is 11.3 Å². The van der Waals surface area contributed by atoms with Gasteiger partial charge in [-0.2, -0.15) is 0 Å². The topological polar surface area (TPSA) is 38.0 Å². The number of rotatable bonds is 6. The Morgan fingerprint density at radius 2 is 1.94 bits per heavy atom. The third-order valence-electron chi connectivity index (χ3n) is 2.95. The highest BCUT2D eigenvalue weighted by molar-refractivity contribution is 5.28. The number of hydrazine groups is 1. The first-order chi connectivity index (χ1) is 8.10. The van der Waals surface area contributed by atoms with Gasteiger partial charge in [0.1, 0.15) is 11.6 Å². The van der Waals surface area contributed by atoms with Crippen LogP contribution in [0.25, 0.3) is 0 Å². The molecule has 0 saturated heterocycles. The molecule has 1 rings (SSSR count). The van der Waals surface area contributed by atoms with E-state index >= 15 is 0 Å². The van der Waals surface area contributed by atoms with Crippen LogP contribution >= 0.6 is 0 Å². The Bertz CT molecular complexity index is 367. The molecule has 1 unspecified atom stereocenters. The predicted octanol–water partition coefficient (Wildman–Crippen LogP) is 3.36. The number of aryl methyl sites for hydroxylation is 1. The van der Waals surface area contributed by atoms with E-state index in [9.17, 15) is 8.78 Å². The van der Waals surface area contributed by atoms with E-state index < -0.39 is 11.6 Å². The standard InChI is InChI=1S/C13H20F2N2/c1-3-4-5-6-13(17-16)10-7-9(2)11(14)8-12(10)15/h7-8,13,17H,3-6,16H2,1-2H3. The monoisotopic (exact) mass is 242 g/mol. The van der Waals surface area contributed by atoms with Crippen molar-refractivity contribution in [1.82, 2.24) is 5.43 Å². The zero-order chi connectivity index (χ0) is 12.8. The molecule has 0 spiro atoms. The number of benzene rings is 1. The summed E-state index contributed by atoms with van der Waals surface area (Å²) in [7, 11) is 0. The van der Waals surface area contributed by atoms with Crippen molar-refractivity contribution >= 4 is 0 Å². The Hall–Kier alpha value is -1.00. The molecule has 1 aromatic rings. The highest BCUT2D eigenvalue weighted by Gasteiger charge is 2.16. The van der Waals surface area contributed by atoms with Gasteiger partial charge in [0.05, 0.1) is 0 Å². The molecule has 1 aromatic carbocycles. The van der Waals surface area contributed by atoms with Crippen LogP contribution in [0.3, 0.4) is 0 Å². The maximum atomic E-state index is 13.6. The summed E-state index contributed by atoms with van der Waals surface area (Å²) in [5.41, 5.74) is 3.49. The van der Waals surface area contributed by atoms with Gasteiger partial charge in [-0.1, -0.05) is 26.2 Å². The highest BCUT2D eigenvalue weighted by Crippen LogP contribution is 2.24. The van der Waals surface area contributed by atoms with Gasteiger partial charge in [-0.15, -0.1) is 0 Å². The van der Waals surface area contributed by atoms with Crippen LogP contribution in [0.2, 0.25) is 0 Å². The number of hydrogen-bond acceptors (Lipinski definition) is 2. The number of nitrogens with two attached hydrogens (primary N) is 1. The maximum Gasteiger partial charge on any atom is 0.130 e. The minimum atomic E-state index is -0.535. The van der Waals surface area contributed by atoms with E-state index in [1.165, 1.54) is 6.07 Å². The van der Waals surface area contributed by atoms with Crippen molar-refractivity contribution in [1.29, 1.82) is 0 Å². The summed E-state index contributed by atoms with van der Waals surface area (Å²) in [6.45, 7) is 3.73. The Labute approximate surface area is 101 Å². The normalized spacial score (nSPS) is 12.8. The molecular formula is C13H20F2N2. The summed E-state index contributed by atoms with van der Waals surface area (Å²) in [4.78, 5) is 0. The van der Waals surface area contributed by atoms with Crippen LogP contribution in [-0.4, -0.2) is 0 Å². The van der Waals surface area contributed by atoms with Crippen LogP contribution in [-0.2, 0) is 0 Å². The average molecular weight is 242 g/mol. The lowest BCUT2D eigenvalue weighted by molar-refractivity contribution is 0.460. The summed E-state index contributed by atoms with van der Waals surface area (Å²) in [5.74, 6) is 4.38. The molecule has 0 heterocycles. The Morgan fingerprint density at radius 1 is 1.24 bits per heavy atom. The first-order valence-corrected chi connectivity index (χ1v) is 6.01. The Balaban J connectivity index is 2.84. The average Bonchev–Trinajstić information content (AvgIpc) is 2.30. The molecule has 2 nitrogen and oxygen atoms in total. The van der Waals surface area contributed by atoms with Crippen molar-refractivity contribution in [3.8, 4) is 0 Å². The number of halogens is 2. The maximum absolute atomic E-state index is 13.6. The van der Waals surface area contributed by atoms with Crippen LogP contribution in [0, 0.1) is 18.6 Å². The van der Waals surface area contributed by atoms with Crippen molar-refractivity contribution in [2.45, 2.75) is 45.6 Å². The van der Waals surface area contributed by atoms with Gasteiger partial charge in [0.25, 0.3) is 0 Å². The molecule has 0 aliphatic rings. The first-order valence-electron chi connectivity index (χ1n) is 6.01. The van der Waals surface area contributed by atoms with E-state index in [1.54, 1.807) is 6.92 Å². The molecule has 17 heavy (non-hydrogen) atoms. The predicted molar refractivity (Wildman–Crippen MR) is 65.3 cm³/mol. The molecule has 96 valence electrons. The Kier molecular flexibility index (Phi) is 5.51. The largest absolute Gasteiger partial charge is 0.271 e. The number of nitrogens with one attached hydrogen (secondary N) is 1. The second-order valence-electron chi connectivity index (χ2n) is 4.34. The molecule has 4 heteroatoms. The van der Waals surface area contributed by atoms with E-state index in [0.717, 1.165) is 31.7 Å². The van der Waals surface area contributed by atoms with E-state index in [-0.39, 0.29) is 6.04 Å². The van der Waals surface area contributed by atoms with Crippen LogP contribution in [0.5, 0.6) is 0 Å². The SMILES string of the molecule is CCCCCC(NN)c1cc(C)c(F)cc1F. The highest BCUT2D eigenvalue weighted by atomic mass is 19.1. The molecule has 0 aromatic heterocycles. The molecule has 0 bridgehead atoms. The fourth-order valence-electron chi connectivity index (χ4n) is 1.87. The van der Waals surface area contributed by atoms with E-state index in [0.29, 0.717) is 11.1 Å². The second kappa shape index (κ2) is 6.67. The lowest BCUT2D eigenvalue weighted by Gasteiger charge is -2.17. The van der Waals surface area contributed by atoms with Gasteiger partial charge in [-0.05, 0) is 25.0 Å². The summed E-state index contributed by atoms with van der Waals surface area (Å²) >= 11 is 0. The number of hydrogen-bond donors (Lipinski definition) is 2. The molecule has 0 aliphatic carbocycles. The van der Waals surface area contributed by atoms with E-state index in [4.69, 9.17) is 5.84 Å². The van der Waals surface area contributed by atoms with E-state index in [1.807, 2.05) is 0 Å². The van der Waals surface area contributed by atoms with Gasteiger partial charge in [0.15, 0.2) is 0 Å². The van der Waals surface area contributed by atoms with Crippen molar-refractivity contribution in [3.63, 3.8) is 0 Å². The minimum Gasteiger partial charge on any atom is -0.271 e. The van der Waals surface area contributed by atoms with Crippen molar-refractivity contribution < 1.29 is 8.78 Å². The van der Waals surface area contributed by atoms with E-state index in [2.05, 4.69) is 12.3 Å². The summed E-state index contributed by atoms with van der Waals surface area (Å²) in [6, 6.07) is 2.21. The molecule has 3 N–H and O–H groups in total. The second-order valence-corrected chi connectivity index (χ2v) is 4.34. The molecule has 0 amide bonds. The minimum absolute atomic E-state index is 0.249. The third kappa shape index (κ3) is 3.75. The zero-order valence-electron chi connectivity index (χ0n) is 10.4. The summed E-state index contributed by atoms with van der Waals surface area (Å²) in [5, 5.41) is 0. The van der Waals surface area contributed by atoms with Gasteiger partial charge < -0.3 is 0 Å². The quantitative estimate of drug-likeness (QED) is 0.456. The van der Waals surface area contributed by atoms with Gasteiger partial charge in [0.2, 0.25) is 0 Å². The van der Waals surface area contributed by atoms with Crippen LogP contribution in [0.4, 0.5) is 8.78 Å². The van der Waals surface area contributed by atoms with Gasteiger partial charge >= 0.3 is 0 Å². The Morgan fingerprint density at radius 3 is 2.53 bits per heavy atom. The fourth-order valence-corrected chi connectivity index (χ4v) is 1.87. The molecule has 1 atom stereocenters. The van der Waals surface area contributed by atoms with Crippen LogP contribution in [0.15, 0.2) is 12.1 Å². The smallest absolute Gasteiger partial charge is 0.130 e. The fraction of sp³-hybridized carbons (Fsp3) is 0.538. The lowest BCUT2D eigenvalue weighted by atomic mass is 9.98. The third-order valence-corrected chi connectivity index (χ3v) is 2.95. The van der Waals surface area contributed by atoms with Crippen LogP contribution < -0.4 is 11.3 Å². The zero-order valence-corrected chi connectivity index (χ0v) is 10.4. The molecular weight excluding hydrogens is 222 g/mol. The van der Waals surface area contributed by atoms with Crippen molar-refractivity contribution in [3.05, 3.63) is 34.9 Å². The molecule has 0 aliphatic heterocycles. The van der Waals surface area contributed by atoms with Gasteiger partial charge in [0, 0.05) is 17.7 Å².